The summed E-state index contributed by atoms with van der Waals surface area (Å²) in [5, 5.41) is 21.7. The molecule has 0 radical (unpaired) electrons. The van der Waals surface area contributed by atoms with Crippen LogP contribution in [0.4, 0.5) is 0 Å². The summed E-state index contributed by atoms with van der Waals surface area (Å²) in [6, 6.07) is 9.05. The second-order valence-electron chi connectivity index (χ2n) is 9.28. The molecule has 200 valence electrons. The highest BCUT2D eigenvalue weighted by molar-refractivity contribution is 7.83. The minimum Gasteiger partial charge on any atom is -0.372 e. The largest absolute Gasteiger partial charge is 0.372 e. The van der Waals surface area contributed by atoms with E-state index in [0.29, 0.717) is 43.6 Å². The summed E-state index contributed by atoms with van der Waals surface area (Å²) in [5.74, 6) is -0.154. The standard InChI is InChI=1S/C26H30N6O4S2/c1-17-10-21(32-38(34,35)36)8-6-19(17)11-23(24-15-37-26(31-24)12-22-14-28-16-29-22)30-25(33)9-7-18-4-2-3-5-20(18)13-27/h2-6,8,14-15,17,23,28-29,32H,7,9-12,16H2,1H3,(H,30,33)(H,34,35,36)/t17?,23-/m0/s1. The first-order chi connectivity index (χ1) is 18.2. The number of nitrogens with one attached hydrogen (secondary N) is 4. The maximum Gasteiger partial charge on any atom is 0.357 e. The highest BCUT2D eigenvalue weighted by Gasteiger charge is 2.25. The number of nitrogens with zero attached hydrogens (tertiary/aromatic N) is 2. The van der Waals surface area contributed by atoms with E-state index in [-0.39, 0.29) is 24.3 Å². The Hall–Kier alpha value is -3.66. The van der Waals surface area contributed by atoms with E-state index < -0.39 is 10.3 Å². The normalized spacial score (nSPS) is 17.7. The molecule has 0 saturated heterocycles. The van der Waals surface area contributed by atoms with E-state index in [2.05, 4.69) is 26.7 Å². The van der Waals surface area contributed by atoms with Crippen LogP contribution in [-0.2, 0) is 27.9 Å². The van der Waals surface area contributed by atoms with Gasteiger partial charge >= 0.3 is 10.3 Å². The van der Waals surface area contributed by atoms with Gasteiger partial charge in [0.1, 0.15) is 0 Å². The molecular weight excluding hydrogens is 524 g/mol. The van der Waals surface area contributed by atoms with Crippen molar-refractivity contribution in [2.75, 3.05) is 6.67 Å². The van der Waals surface area contributed by atoms with Gasteiger partial charge in [0, 0.05) is 35.8 Å². The Morgan fingerprint density at radius 2 is 2.16 bits per heavy atom. The quantitative estimate of drug-likeness (QED) is 0.266. The molecule has 12 heteroatoms. The monoisotopic (exact) mass is 554 g/mol. The molecule has 1 amide bonds. The van der Waals surface area contributed by atoms with Crippen LogP contribution in [-0.4, -0.2) is 30.5 Å². The van der Waals surface area contributed by atoms with E-state index in [1.54, 1.807) is 18.2 Å². The summed E-state index contributed by atoms with van der Waals surface area (Å²) in [4.78, 5) is 17.8. The number of thiazole rings is 1. The van der Waals surface area contributed by atoms with Crippen LogP contribution in [0.2, 0.25) is 0 Å². The molecule has 1 unspecified atom stereocenters. The minimum absolute atomic E-state index is 0.0109. The third kappa shape index (κ3) is 7.67. The van der Waals surface area contributed by atoms with E-state index in [0.717, 1.165) is 27.5 Å². The lowest BCUT2D eigenvalue weighted by Crippen LogP contribution is -2.30. The van der Waals surface area contributed by atoms with Gasteiger partial charge in [0.2, 0.25) is 5.91 Å². The first kappa shape index (κ1) is 27.4. The van der Waals surface area contributed by atoms with Crippen molar-refractivity contribution >= 4 is 27.5 Å². The van der Waals surface area contributed by atoms with E-state index in [4.69, 9.17) is 9.54 Å². The van der Waals surface area contributed by atoms with Crippen molar-refractivity contribution in [3.8, 4) is 6.07 Å². The molecule has 0 fully saturated rings. The van der Waals surface area contributed by atoms with Gasteiger partial charge in [-0.05, 0) is 42.9 Å². The number of aromatic nitrogens is 1. The van der Waals surface area contributed by atoms with Gasteiger partial charge in [-0.15, -0.1) is 11.3 Å². The van der Waals surface area contributed by atoms with Gasteiger partial charge in [0.25, 0.3) is 0 Å². The molecule has 1 aliphatic carbocycles. The third-order valence-corrected chi connectivity index (χ3v) is 7.80. The lowest BCUT2D eigenvalue weighted by molar-refractivity contribution is -0.121. The van der Waals surface area contributed by atoms with Crippen molar-refractivity contribution in [1.29, 1.82) is 5.26 Å². The number of allylic oxidation sites excluding steroid dienone is 4. The van der Waals surface area contributed by atoms with Crippen molar-refractivity contribution < 1.29 is 17.8 Å². The van der Waals surface area contributed by atoms with Crippen LogP contribution in [0, 0.1) is 17.2 Å². The first-order valence-electron chi connectivity index (χ1n) is 12.2. The summed E-state index contributed by atoms with van der Waals surface area (Å²) in [6.07, 6.45) is 7.65. The van der Waals surface area contributed by atoms with Crippen molar-refractivity contribution in [3.05, 3.63) is 86.8 Å². The lowest BCUT2D eigenvalue weighted by Gasteiger charge is -2.25. The summed E-state index contributed by atoms with van der Waals surface area (Å²) in [6.45, 7) is 2.66. The van der Waals surface area contributed by atoms with Crippen molar-refractivity contribution in [2.24, 2.45) is 5.92 Å². The fraction of sp³-hybridized carbons (Fsp3) is 0.346. The second-order valence-corrected chi connectivity index (χ2v) is 11.4. The highest BCUT2D eigenvalue weighted by atomic mass is 32.2. The van der Waals surface area contributed by atoms with Gasteiger partial charge in [-0.25, -0.2) is 4.98 Å². The number of nitriles is 1. The van der Waals surface area contributed by atoms with Crippen LogP contribution >= 0.6 is 11.3 Å². The van der Waals surface area contributed by atoms with E-state index >= 15 is 0 Å². The van der Waals surface area contributed by atoms with Crippen LogP contribution < -0.4 is 20.7 Å². The molecule has 0 bridgehead atoms. The Morgan fingerprint density at radius 3 is 2.87 bits per heavy atom. The van der Waals surface area contributed by atoms with Crippen molar-refractivity contribution in [3.63, 3.8) is 0 Å². The zero-order valence-corrected chi connectivity index (χ0v) is 22.5. The molecule has 10 nitrogen and oxygen atoms in total. The smallest absolute Gasteiger partial charge is 0.357 e. The summed E-state index contributed by atoms with van der Waals surface area (Å²) in [5.41, 5.74) is 4.65. The predicted octanol–water partition coefficient (Wildman–Crippen LogP) is 2.97. The maximum atomic E-state index is 13.0. The summed E-state index contributed by atoms with van der Waals surface area (Å²) >= 11 is 1.53. The molecule has 1 aliphatic heterocycles. The van der Waals surface area contributed by atoms with Gasteiger partial charge in [0.05, 0.1) is 35.0 Å². The Bertz CT molecular complexity index is 1420. The van der Waals surface area contributed by atoms with Crippen LogP contribution in [0.15, 0.2) is 65.0 Å². The number of rotatable bonds is 11. The van der Waals surface area contributed by atoms with Gasteiger partial charge in [0.15, 0.2) is 0 Å². The Kier molecular flexibility index (Phi) is 8.83. The van der Waals surface area contributed by atoms with Crippen LogP contribution in [0.3, 0.4) is 0 Å². The van der Waals surface area contributed by atoms with Gasteiger partial charge < -0.3 is 16.0 Å². The number of carbonyl (C=O) groups is 1. The predicted molar refractivity (Wildman–Crippen MR) is 145 cm³/mol. The molecule has 0 spiro atoms. The molecule has 2 aliphatic rings. The number of benzene rings is 1. The molecule has 1 aromatic heterocycles. The van der Waals surface area contributed by atoms with E-state index in [9.17, 15) is 18.5 Å². The summed E-state index contributed by atoms with van der Waals surface area (Å²) in [7, 11) is -4.34. The molecule has 2 heterocycles. The average Bonchev–Trinajstić information content (AvgIpc) is 3.56. The van der Waals surface area contributed by atoms with Crippen molar-refractivity contribution in [2.45, 2.75) is 45.1 Å². The minimum atomic E-state index is -4.34. The number of hydrogen-bond donors (Lipinski definition) is 5. The molecule has 5 N–H and O–H groups in total. The fourth-order valence-corrected chi connectivity index (χ4v) is 5.82. The first-order valence-corrected chi connectivity index (χ1v) is 14.5. The van der Waals surface area contributed by atoms with Gasteiger partial charge in [-0.1, -0.05) is 36.8 Å². The topological polar surface area (TPSA) is 156 Å². The molecule has 0 saturated carbocycles. The molecule has 2 atom stereocenters. The SMILES string of the molecule is CC1CC(NS(=O)(=O)O)=CC=C1C[C@H](NC(=O)CCc1ccccc1C#N)c1csc(CC2=CNCN2)n1. The maximum absolute atomic E-state index is 13.0. The van der Waals surface area contributed by atoms with Crippen LogP contribution in [0.25, 0.3) is 0 Å². The molecular formula is C26H30N6O4S2. The Labute approximate surface area is 226 Å². The zero-order chi connectivity index (χ0) is 27.1. The molecule has 4 rings (SSSR count). The van der Waals surface area contributed by atoms with Gasteiger partial charge in [-0.2, -0.15) is 13.7 Å². The lowest BCUT2D eigenvalue weighted by atomic mass is 9.87. The van der Waals surface area contributed by atoms with E-state index in [1.165, 1.54) is 11.3 Å². The number of aryl methyl sites for hydroxylation is 1. The average molecular weight is 555 g/mol. The van der Waals surface area contributed by atoms with Gasteiger partial charge in [-0.3, -0.25) is 14.1 Å². The van der Waals surface area contributed by atoms with E-state index in [1.807, 2.05) is 36.7 Å². The second kappa shape index (κ2) is 12.3. The third-order valence-electron chi connectivity index (χ3n) is 6.41. The number of hydrogen-bond acceptors (Lipinski definition) is 8. The number of carbonyl (C=O) groups excluding carboxylic acids is 1. The molecule has 1 aromatic carbocycles. The fourth-order valence-electron chi connectivity index (χ4n) is 4.47. The van der Waals surface area contributed by atoms with Crippen LogP contribution in [0.1, 0.15) is 54.1 Å². The zero-order valence-electron chi connectivity index (χ0n) is 20.9. The molecule has 2 aromatic rings. The highest BCUT2D eigenvalue weighted by Crippen LogP contribution is 2.32. The van der Waals surface area contributed by atoms with Crippen LogP contribution in [0.5, 0.6) is 0 Å². The number of amides is 1. The summed E-state index contributed by atoms with van der Waals surface area (Å²) < 4.78 is 33.6. The Balaban J connectivity index is 1.50. The molecule has 38 heavy (non-hydrogen) atoms. The Morgan fingerprint density at radius 1 is 1.34 bits per heavy atom. The van der Waals surface area contributed by atoms with Crippen molar-refractivity contribution in [1.82, 2.24) is 25.7 Å².